The van der Waals surface area contributed by atoms with Crippen molar-refractivity contribution < 1.29 is 15.0 Å². The molecule has 0 heterocycles. The number of phenols is 1. The maximum Gasteiger partial charge on any atom is 0.338 e. The molecule has 0 saturated heterocycles. The number of carbonyl (C=O) groups is 1. The van der Waals surface area contributed by atoms with Crippen LogP contribution in [-0.2, 0) is 0 Å². The van der Waals surface area contributed by atoms with Gasteiger partial charge in [-0.1, -0.05) is 24.3 Å². The zero-order chi connectivity index (χ0) is 11.7. The maximum absolute atomic E-state index is 10.9. The van der Waals surface area contributed by atoms with Crippen LogP contribution in [0.5, 0.6) is 5.75 Å². The summed E-state index contributed by atoms with van der Waals surface area (Å²) in [5.74, 6) is -1.48. The van der Waals surface area contributed by atoms with Crippen molar-refractivity contribution in [2.75, 3.05) is 0 Å². The second-order valence-corrected chi connectivity index (χ2v) is 3.23. The van der Waals surface area contributed by atoms with E-state index in [1.165, 1.54) is 6.07 Å². The molecular formula is C11H7NO4. The summed E-state index contributed by atoms with van der Waals surface area (Å²) in [5.41, 5.74) is -0.466. The van der Waals surface area contributed by atoms with Crippen LogP contribution in [0, 0.1) is 4.91 Å². The largest absolute Gasteiger partial charge is 0.507 e. The van der Waals surface area contributed by atoms with E-state index in [2.05, 4.69) is 5.18 Å². The minimum atomic E-state index is -1.30. The van der Waals surface area contributed by atoms with Crippen LogP contribution in [0.25, 0.3) is 10.8 Å². The molecule has 0 spiro atoms. The van der Waals surface area contributed by atoms with Gasteiger partial charge in [-0.25, -0.2) is 4.79 Å². The van der Waals surface area contributed by atoms with Crippen LogP contribution in [-0.4, -0.2) is 16.2 Å². The molecule has 5 nitrogen and oxygen atoms in total. The SMILES string of the molecule is O=Nc1c(C(=O)O)cc(O)c2ccccc12. The van der Waals surface area contributed by atoms with Gasteiger partial charge in [0.15, 0.2) is 0 Å². The standard InChI is InChI=1S/C11H7NO4/c13-9-5-8(11(14)15)10(12-16)7-4-2-1-3-6(7)9/h1-5,13H,(H,14,15). The predicted octanol–water partition coefficient (Wildman–Crippen LogP) is 2.64. The molecule has 0 aliphatic carbocycles. The predicted molar refractivity (Wildman–Crippen MR) is 58.0 cm³/mol. The highest BCUT2D eigenvalue weighted by molar-refractivity contribution is 6.06. The van der Waals surface area contributed by atoms with Gasteiger partial charge >= 0.3 is 5.97 Å². The molecule has 0 aliphatic heterocycles. The third-order valence-electron chi connectivity index (χ3n) is 2.32. The van der Waals surface area contributed by atoms with Gasteiger partial charge in [-0.15, -0.1) is 4.91 Å². The maximum atomic E-state index is 10.9. The molecule has 5 heteroatoms. The molecule has 0 bridgehead atoms. The van der Waals surface area contributed by atoms with Crippen LogP contribution in [0.15, 0.2) is 35.5 Å². The third kappa shape index (κ3) is 1.38. The Kier molecular flexibility index (Phi) is 2.28. The van der Waals surface area contributed by atoms with Gasteiger partial charge in [-0.3, -0.25) is 0 Å². The van der Waals surface area contributed by atoms with Crippen molar-refractivity contribution in [3.05, 3.63) is 40.8 Å². The summed E-state index contributed by atoms with van der Waals surface area (Å²) in [7, 11) is 0. The van der Waals surface area contributed by atoms with Crippen molar-refractivity contribution >= 4 is 22.4 Å². The number of phenolic OH excluding ortho intramolecular Hbond substituents is 1. The lowest BCUT2D eigenvalue weighted by Crippen LogP contribution is -1.97. The highest BCUT2D eigenvalue weighted by atomic mass is 16.4. The van der Waals surface area contributed by atoms with Crippen LogP contribution < -0.4 is 0 Å². The summed E-state index contributed by atoms with van der Waals surface area (Å²) in [6.45, 7) is 0. The summed E-state index contributed by atoms with van der Waals surface area (Å²) in [5, 5.41) is 21.9. The normalized spacial score (nSPS) is 10.2. The lowest BCUT2D eigenvalue weighted by atomic mass is 10.0. The molecule has 0 radical (unpaired) electrons. The van der Waals surface area contributed by atoms with Gasteiger partial charge in [0.05, 0.1) is 5.56 Å². The average Bonchev–Trinajstić information content (AvgIpc) is 2.29. The lowest BCUT2D eigenvalue weighted by Gasteiger charge is -2.05. The molecule has 0 atom stereocenters. The van der Waals surface area contributed by atoms with Crippen molar-refractivity contribution in [1.29, 1.82) is 0 Å². The zero-order valence-electron chi connectivity index (χ0n) is 8.04. The van der Waals surface area contributed by atoms with E-state index in [1.807, 2.05) is 0 Å². The first-order chi connectivity index (χ1) is 7.65. The summed E-state index contributed by atoms with van der Waals surface area (Å²) >= 11 is 0. The number of hydrogen-bond acceptors (Lipinski definition) is 4. The highest BCUT2D eigenvalue weighted by Gasteiger charge is 2.16. The number of benzene rings is 2. The van der Waals surface area contributed by atoms with Crippen LogP contribution in [0.1, 0.15) is 10.4 Å². The number of rotatable bonds is 2. The Bertz CT molecular complexity index is 592. The summed E-state index contributed by atoms with van der Waals surface area (Å²) in [6.07, 6.45) is 0. The molecule has 2 aromatic carbocycles. The van der Waals surface area contributed by atoms with E-state index in [0.29, 0.717) is 10.8 Å². The van der Waals surface area contributed by atoms with Gasteiger partial charge in [0.1, 0.15) is 11.4 Å². The Hall–Kier alpha value is -2.43. The smallest absolute Gasteiger partial charge is 0.338 e. The minimum absolute atomic E-state index is 0.166. The second kappa shape index (κ2) is 3.62. The van der Waals surface area contributed by atoms with Crippen molar-refractivity contribution in [3.63, 3.8) is 0 Å². The molecule has 16 heavy (non-hydrogen) atoms. The number of carboxylic acid groups (broad SMARTS) is 1. The van der Waals surface area contributed by atoms with Crippen molar-refractivity contribution in [2.45, 2.75) is 0 Å². The molecule has 0 saturated carbocycles. The summed E-state index contributed by atoms with van der Waals surface area (Å²) in [6, 6.07) is 7.48. The molecule has 0 aliphatic rings. The molecule has 80 valence electrons. The molecule has 0 unspecified atom stereocenters. The third-order valence-corrected chi connectivity index (χ3v) is 2.32. The Balaban J connectivity index is 2.95. The van der Waals surface area contributed by atoms with Gasteiger partial charge in [-0.2, -0.15) is 0 Å². The quantitative estimate of drug-likeness (QED) is 0.757. The van der Waals surface area contributed by atoms with Crippen molar-refractivity contribution in [1.82, 2.24) is 0 Å². The van der Waals surface area contributed by atoms with E-state index in [1.54, 1.807) is 18.2 Å². The molecule has 2 rings (SSSR count). The van der Waals surface area contributed by atoms with Crippen LogP contribution >= 0.6 is 0 Å². The highest BCUT2D eigenvalue weighted by Crippen LogP contribution is 2.35. The number of nitrogens with zero attached hydrogens (tertiary/aromatic N) is 1. The van der Waals surface area contributed by atoms with E-state index in [9.17, 15) is 14.8 Å². The van der Waals surface area contributed by atoms with Crippen LogP contribution in [0.3, 0.4) is 0 Å². The van der Waals surface area contributed by atoms with E-state index in [0.717, 1.165) is 6.07 Å². The van der Waals surface area contributed by atoms with Gasteiger partial charge < -0.3 is 10.2 Å². The number of carboxylic acids is 1. The first-order valence-electron chi connectivity index (χ1n) is 4.46. The first-order valence-corrected chi connectivity index (χ1v) is 4.46. The molecule has 2 aromatic rings. The fourth-order valence-electron chi connectivity index (χ4n) is 1.60. The van der Waals surface area contributed by atoms with Crippen LogP contribution in [0.2, 0.25) is 0 Å². The number of aromatic hydroxyl groups is 1. The Labute approximate surface area is 89.9 Å². The van der Waals surface area contributed by atoms with Crippen molar-refractivity contribution in [2.24, 2.45) is 5.18 Å². The van der Waals surface area contributed by atoms with Crippen LogP contribution in [0.4, 0.5) is 5.69 Å². The molecular weight excluding hydrogens is 210 g/mol. The summed E-state index contributed by atoms with van der Waals surface area (Å²) in [4.78, 5) is 21.5. The minimum Gasteiger partial charge on any atom is -0.507 e. The van der Waals surface area contributed by atoms with E-state index in [4.69, 9.17) is 5.11 Å². The van der Waals surface area contributed by atoms with E-state index >= 15 is 0 Å². The van der Waals surface area contributed by atoms with Crippen molar-refractivity contribution in [3.8, 4) is 5.75 Å². The molecule has 2 N–H and O–H groups in total. The first kappa shape index (κ1) is 10.1. The molecule has 0 fully saturated rings. The number of nitroso groups, excluding NO2 is 1. The second-order valence-electron chi connectivity index (χ2n) is 3.23. The fraction of sp³-hybridized carbons (Fsp3) is 0. The van der Waals surface area contributed by atoms with E-state index in [-0.39, 0.29) is 17.0 Å². The lowest BCUT2D eigenvalue weighted by molar-refractivity contribution is 0.0697. The fourth-order valence-corrected chi connectivity index (χ4v) is 1.60. The number of hydrogen-bond donors (Lipinski definition) is 2. The monoisotopic (exact) mass is 217 g/mol. The molecule has 0 amide bonds. The summed E-state index contributed by atoms with van der Waals surface area (Å²) < 4.78 is 0. The van der Waals surface area contributed by atoms with E-state index < -0.39 is 5.97 Å². The van der Waals surface area contributed by atoms with Gasteiger partial charge in [0.2, 0.25) is 0 Å². The Morgan fingerprint density at radius 1 is 1.19 bits per heavy atom. The average molecular weight is 217 g/mol. The Morgan fingerprint density at radius 2 is 1.81 bits per heavy atom. The Morgan fingerprint density at radius 3 is 2.38 bits per heavy atom. The van der Waals surface area contributed by atoms with Gasteiger partial charge in [-0.05, 0) is 11.2 Å². The number of fused-ring (bicyclic) bond motifs is 1. The zero-order valence-corrected chi connectivity index (χ0v) is 8.04. The molecule has 0 aromatic heterocycles. The topological polar surface area (TPSA) is 87.0 Å². The van der Waals surface area contributed by atoms with Gasteiger partial charge in [0.25, 0.3) is 0 Å². The number of aromatic carboxylic acids is 1. The van der Waals surface area contributed by atoms with Gasteiger partial charge in [0, 0.05) is 10.8 Å².